The Bertz CT molecular complexity index is 136. The van der Waals surface area contributed by atoms with Crippen molar-refractivity contribution in [2.75, 3.05) is 19.6 Å². The summed E-state index contributed by atoms with van der Waals surface area (Å²) in [4.78, 5) is 2.62. The molecule has 0 aromatic carbocycles. The van der Waals surface area contributed by atoms with Crippen LogP contribution in [0.25, 0.3) is 0 Å². The third kappa shape index (κ3) is 3.65. The fraction of sp³-hybridized carbons (Fsp3) is 1.00. The number of nitrogens with one attached hydrogen (secondary N) is 1. The molecule has 1 N–H and O–H groups in total. The second-order valence-electron chi connectivity index (χ2n) is 4.34. The molecule has 0 radical (unpaired) electrons. The Morgan fingerprint density at radius 2 is 2.15 bits per heavy atom. The summed E-state index contributed by atoms with van der Waals surface area (Å²) in [6.07, 6.45) is 3.96. The highest BCUT2D eigenvalue weighted by molar-refractivity contribution is 4.77. The average Bonchev–Trinajstić information content (AvgIpc) is 2.28. The highest BCUT2D eigenvalue weighted by atomic mass is 15.2. The molecule has 0 amide bonds. The molecule has 0 bridgehead atoms. The minimum Gasteiger partial charge on any atom is -0.313 e. The van der Waals surface area contributed by atoms with Crippen LogP contribution >= 0.6 is 0 Å². The summed E-state index contributed by atoms with van der Waals surface area (Å²) >= 11 is 0. The Hall–Kier alpha value is -0.0800. The Morgan fingerprint density at radius 3 is 2.85 bits per heavy atom. The van der Waals surface area contributed by atoms with Crippen LogP contribution in [0.3, 0.4) is 0 Å². The van der Waals surface area contributed by atoms with Gasteiger partial charge >= 0.3 is 0 Å². The maximum Gasteiger partial charge on any atom is 0.0192 e. The molecule has 0 spiro atoms. The van der Waals surface area contributed by atoms with Crippen molar-refractivity contribution in [3.8, 4) is 0 Å². The summed E-state index contributed by atoms with van der Waals surface area (Å²) in [6, 6.07) is 1.42. The van der Waals surface area contributed by atoms with Gasteiger partial charge in [0, 0.05) is 18.6 Å². The zero-order chi connectivity index (χ0) is 9.68. The first-order valence-electron chi connectivity index (χ1n) is 5.71. The van der Waals surface area contributed by atoms with Gasteiger partial charge in [-0.25, -0.2) is 0 Å². The molecule has 1 rings (SSSR count). The number of nitrogens with zero attached hydrogens (tertiary/aromatic N) is 1. The molecule has 0 aliphatic carbocycles. The molecule has 1 fully saturated rings. The van der Waals surface area contributed by atoms with Gasteiger partial charge in [0.1, 0.15) is 0 Å². The van der Waals surface area contributed by atoms with Crippen molar-refractivity contribution in [2.45, 2.75) is 52.1 Å². The zero-order valence-corrected chi connectivity index (χ0v) is 9.34. The van der Waals surface area contributed by atoms with Gasteiger partial charge in [0.15, 0.2) is 0 Å². The first-order chi connectivity index (χ1) is 6.24. The summed E-state index contributed by atoms with van der Waals surface area (Å²) in [5.41, 5.74) is 0. The van der Waals surface area contributed by atoms with Gasteiger partial charge < -0.3 is 5.32 Å². The summed E-state index contributed by atoms with van der Waals surface area (Å²) in [6.45, 7) is 10.6. The minimum absolute atomic E-state index is 0.703. The van der Waals surface area contributed by atoms with E-state index in [1.807, 2.05) is 0 Å². The Labute approximate surface area is 82.7 Å². The van der Waals surface area contributed by atoms with Gasteiger partial charge in [-0.05, 0) is 39.8 Å². The Balaban J connectivity index is 2.33. The predicted molar refractivity (Wildman–Crippen MR) is 58.0 cm³/mol. The molecular weight excluding hydrogens is 160 g/mol. The highest BCUT2D eigenvalue weighted by Gasteiger charge is 2.18. The molecular formula is C11H24N2. The minimum atomic E-state index is 0.703. The van der Waals surface area contributed by atoms with E-state index in [1.165, 1.54) is 32.4 Å². The highest BCUT2D eigenvalue weighted by Crippen LogP contribution is 2.08. The molecule has 2 heteroatoms. The van der Waals surface area contributed by atoms with Crippen LogP contribution in [0.4, 0.5) is 0 Å². The molecule has 13 heavy (non-hydrogen) atoms. The molecule has 1 saturated heterocycles. The van der Waals surface area contributed by atoms with E-state index in [9.17, 15) is 0 Å². The SMILES string of the molecule is CCCCN1CCC(C)NCC1C. The van der Waals surface area contributed by atoms with E-state index in [0.29, 0.717) is 6.04 Å². The maximum atomic E-state index is 3.56. The van der Waals surface area contributed by atoms with Gasteiger partial charge in [0.05, 0.1) is 0 Å². The van der Waals surface area contributed by atoms with Crippen molar-refractivity contribution >= 4 is 0 Å². The van der Waals surface area contributed by atoms with Crippen LogP contribution in [0.15, 0.2) is 0 Å². The third-order valence-corrected chi connectivity index (χ3v) is 3.03. The number of hydrogen-bond acceptors (Lipinski definition) is 2. The molecule has 2 atom stereocenters. The number of rotatable bonds is 3. The fourth-order valence-electron chi connectivity index (χ4n) is 1.88. The van der Waals surface area contributed by atoms with Gasteiger partial charge in [-0.2, -0.15) is 0 Å². The third-order valence-electron chi connectivity index (χ3n) is 3.03. The van der Waals surface area contributed by atoms with Crippen LogP contribution in [0, 0.1) is 0 Å². The van der Waals surface area contributed by atoms with Crippen LogP contribution in [0.1, 0.15) is 40.0 Å². The summed E-state index contributed by atoms with van der Waals surface area (Å²) in [5, 5.41) is 3.56. The molecule has 1 heterocycles. The average molecular weight is 184 g/mol. The lowest BCUT2D eigenvalue weighted by molar-refractivity contribution is 0.219. The molecule has 1 aliphatic rings. The topological polar surface area (TPSA) is 15.3 Å². The van der Waals surface area contributed by atoms with Crippen molar-refractivity contribution in [2.24, 2.45) is 0 Å². The zero-order valence-electron chi connectivity index (χ0n) is 9.34. The second kappa shape index (κ2) is 5.61. The van der Waals surface area contributed by atoms with E-state index >= 15 is 0 Å². The first-order valence-corrected chi connectivity index (χ1v) is 5.71. The molecule has 2 unspecified atom stereocenters. The fourth-order valence-corrected chi connectivity index (χ4v) is 1.88. The van der Waals surface area contributed by atoms with Crippen LogP contribution in [-0.2, 0) is 0 Å². The first kappa shape index (κ1) is 11.0. The van der Waals surface area contributed by atoms with Crippen LogP contribution in [-0.4, -0.2) is 36.6 Å². The smallest absolute Gasteiger partial charge is 0.0192 e. The Morgan fingerprint density at radius 1 is 1.38 bits per heavy atom. The predicted octanol–water partition coefficient (Wildman–Crippen LogP) is 1.86. The largest absolute Gasteiger partial charge is 0.313 e. The molecule has 78 valence electrons. The maximum absolute atomic E-state index is 3.56. The van der Waals surface area contributed by atoms with Gasteiger partial charge in [-0.3, -0.25) is 4.90 Å². The van der Waals surface area contributed by atoms with E-state index in [1.54, 1.807) is 0 Å². The molecule has 0 aromatic rings. The van der Waals surface area contributed by atoms with E-state index in [4.69, 9.17) is 0 Å². The van der Waals surface area contributed by atoms with Crippen LogP contribution in [0.2, 0.25) is 0 Å². The Kier molecular flexibility index (Phi) is 4.74. The van der Waals surface area contributed by atoms with Crippen molar-refractivity contribution in [3.05, 3.63) is 0 Å². The number of unbranched alkanes of at least 4 members (excludes halogenated alkanes) is 1. The van der Waals surface area contributed by atoms with Gasteiger partial charge in [-0.15, -0.1) is 0 Å². The standard InChI is InChI=1S/C11H24N2/c1-4-5-7-13-8-6-10(2)12-9-11(13)3/h10-12H,4-9H2,1-3H3. The summed E-state index contributed by atoms with van der Waals surface area (Å²) < 4.78 is 0. The van der Waals surface area contributed by atoms with E-state index in [2.05, 4.69) is 31.0 Å². The monoisotopic (exact) mass is 184 g/mol. The van der Waals surface area contributed by atoms with Crippen LogP contribution in [0.5, 0.6) is 0 Å². The van der Waals surface area contributed by atoms with Crippen molar-refractivity contribution in [1.82, 2.24) is 10.2 Å². The van der Waals surface area contributed by atoms with Crippen molar-refractivity contribution < 1.29 is 0 Å². The lowest BCUT2D eigenvalue weighted by Crippen LogP contribution is -2.38. The molecule has 0 aromatic heterocycles. The molecule has 1 aliphatic heterocycles. The van der Waals surface area contributed by atoms with Crippen molar-refractivity contribution in [1.29, 1.82) is 0 Å². The molecule has 0 saturated carbocycles. The van der Waals surface area contributed by atoms with Gasteiger partial charge in [0.2, 0.25) is 0 Å². The summed E-state index contributed by atoms with van der Waals surface area (Å²) in [5.74, 6) is 0. The van der Waals surface area contributed by atoms with Crippen molar-refractivity contribution in [3.63, 3.8) is 0 Å². The number of hydrogen-bond donors (Lipinski definition) is 1. The summed E-state index contributed by atoms with van der Waals surface area (Å²) in [7, 11) is 0. The van der Waals surface area contributed by atoms with Gasteiger partial charge in [-0.1, -0.05) is 13.3 Å². The van der Waals surface area contributed by atoms with Gasteiger partial charge in [0.25, 0.3) is 0 Å². The van der Waals surface area contributed by atoms with E-state index in [-0.39, 0.29) is 0 Å². The van der Waals surface area contributed by atoms with E-state index in [0.717, 1.165) is 12.6 Å². The quantitative estimate of drug-likeness (QED) is 0.720. The van der Waals surface area contributed by atoms with E-state index < -0.39 is 0 Å². The second-order valence-corrected chi connectivity index (χ2v) is 4.34. The normalized spacial score (nSPS) is 31.6. The lowest BCUT2D eigenvalue weighted by Gasteiger charge is -2.26. The van der Waals surface area contributed by atoms with Crippen LogP contribution < -0.4 is 5.32 Å². The lowest BCUT2D eigenvalue weighted by atomic mass is 10.2. The molecule has 2 nitrogen and oxygen atoms in total.